The van der Waals surface area contributed by atoms with E-state index in [0.29, 0.717) is 17.6 Å². The molecule has 0 aliphatic rings. The van der Waals surface area contributed by atoms with Gasteiger partial charge in [0.05, 0.1) is 5.69 Å². The number of methoxy groups -OCH3 is 1. The Bertz CT molecular complexity index is 726. The van der Waals surface area contributed by atoms with Crippen molar-refractivity contribution in [2.45, 2.75) is 6.61 Å². The Morgan fingerprint density at radius 1 is 1.26 bits per heavy atom. The van der Waals surface area contributed by atoms with Crippen molar-refractivity contribution in [1.82, 2.24) is 9.97 Å². The van der Waals surface area contributed by atoms with Crippen LogP contribution in [0.3, 0.4) is 0 Å². The standard InChI is InChI=1S/C14H11ClN2OS/c1-18-8-13-16-11(7-12(15)17-13)10-4-2-3-9-5-6-19-14(9)10/h2-7H,8H2,1H3. The first kappa shape index (κ1) is 12.5. The summed E-state index contributed by atoms with van der Waals surface area (Å²) in [5.74, 6) is 0.596. The van der Waals surface area contributed by atoms with Crippen LogP contribution in [0.1, 0.15) is 5.82 Å². The number of thiophene rings is 1. The van der Waals surface area contributed by atoms with Gasteiger partial charge in [0.2, 0.25) is 0 Å². The topological polar surface area (TPSA) is 35.0 Å². The lowest BCUT2D eigenvalue weighted by Crippen LogP contribution is -1.98. The van der Waals surface area contributed by atoms with Crippen molar-refractivity contribution in [3.63, 3.8) is 0 Å². The SMILES string of the molecule is COCc1nc(Cl)cc(-c2cccc3ccsc23)n1. The summed E-state index contributed by atoms with van der Waals surface area (Å²) in [4.78, 5) is 8.66. The molecule has 2 heterocycles. The fraction of sp³-hybridized carbons (Fsp3) is 0.143. The predicted molar refractivity (Wildman–Crippen MR) is 78.6 cm³/mol. The Hall–Kier alpha value is -1.49. The summed E-state index contributed by atoms with van der Waals surface area (Å²) in [7, 11) is 1.62. The van der Waals surface area contributed by atoms with Crippen LogP contribution in [0.4, 0.5) is 0 Å². The number of benzene rings is 1. The Kier molecular flexibility index (Phi) is 3.46. The molecule has 3 nitrogen and oxygen atoms in total. The number of nitrogens with zero attached hydrogens (tertiary/aromatic N) is 2. The largest absolute Gasteiger partial charge is 0.377 e. The summed E-state index contributed by atoms with van der Waals surface area (Å²) in [5, 5.41) is 3.73. The first-order valence-electron chi connectivity index (χ1n) is 5.77. The normalized spacial score (nSPS) is 11.1. The predicted octanol–water partition coefficient (Wildman–Crippen LogP) is 4.16. The molecule has 0 spiro atoms. The summed E-state index contributed by atoms with van der Waals surface area (Å²) < 4.78 is 6.27. The Morgan fingerprint density at radius 3 is 3.00 bits per heavy atom. The number of fused-ring (bicyclic) bond motifs is 1. The van der Waals surface area contributed by atoms with Gasteiger partial charge in [-0.3, -0.25) is 0 Å². The highest BCUT2D eigenvalue weighted by molar-refractivity contribution is 7.17. The average molecular weight is 291 g/mol. The number of rotatable bonds is 3. The minimum atomic E-state index is 0.355. The third-order valence-electron chi connectivity index (χ3n) is 2.77. The molecule has 0 atom stereocenters. The van der Waals surface area contributed by atoms with Crippen LogP contribution in [-0.4, -0.2) is 17.1 Å². The van der Waals surface area contributed by atoms with Gasteiger partial charge in [-0.25, -0.2) is 9.97 Å². The fourth-order valence-electron chi connectivity index (χ4n) is 1.99. The van der Waals surface area contributed by atoms with Crippen LogP contribution >= 0.6 is 22.9 Å². The molecular weight excluding hydrogens is 280 g/mol. The number of aromatic nitrogens is 2. The summed E-state index contributed by atoms with van der Waals surface area (Å²) in [6.07, 6.45) is 0. The smallest absolute Gasteiger partial charge is 0.156 e. The molecular formula is C14H11ClN2OS. The van der Waals surface area contributed by atoms with Gasteiger partial charge in [0, 0.05) is 23.4 Å². The van der Waals surface area contributed by atoms with Gasteiger partial charge in [-0.1, -0.05) is 29.8 Å². The van der Waals surface area contributed by atoms with Gasteiger partial charge in [0.1, 0.15) is 11.8 Å². The van der Waals surface area contributed by atoms with Crippen LogP contribution in [0.2, 0.25) is 5.15 Å². The molecule has 0 amide bonds. The molecule has 19 heavy (non-hydrogen) atoms. The molecule has 0 N–H and O–H groups in total. The number of hydrogen-bond donors (Lipinski definition) is 0. The van der Waals surface area contributed by atoms with Crippen LogP contribution in [0, 0.1) is 0 Å². The maximum atomic E-state index is 6.06. The lowest BCUT2D eigenvalue weighted by Gasteiger charge is -2.06. The third-order valence-corrected chi connectivity index (χ3v) is 3.93. The summed E-state index contributed by atoms with van der Waals surface area (Å²) in [6, 6.07) is 10.1. The van der Waals surface area contributed by atoms with Gasteiger partial charge in [-0.05, 0) is 16.8 Å². The van der Waals surface area contributed by atoms with Crippen molar-refractivity contribution in [2.24, 2.45) is 0 Å². The van der Waals surface area contributed by atoms with Crippen molar-refractivity contribution in [3.8, 4) is 11.3 Å². The highest BCUT2D eigenvalue weighted by atomic mass is 35.5. The molecule has 0 saturated heterocycles. The van der Waals surface area contributed by atoms with Crippen molar-refractivity contribution in [2.75, 3.05) is 7.11 Å². The van der Waals surface area contributed by atoms with Crippen LogP contribution in [0.5, 0.6) is 0 Å². The zero-order valence-corrected chi connectivity index (χ0v) is 11.8. The molecule has 0 fully saturated rings. The molecule has 1 aromatic carbocycles. The van der Waals surface area contributed by atoms with E-state index in [1.54, 1.807) is 24.5 Å². The van der Waals surface area contributed by atoms with Crippen LogP contribution in [0.15, 0.2) is 35.7 Å². The fourth-order valence-corrected chi connectivity index (χ4v) is 3.11. The molecule has 0 radical (unpaired) electrons. The molecule has 2 aromatic heterocycles. The summed E-state index contributed by atoms with van der Waals surface area (Å²) in [6.45, 7) is 0.355. The number of hydrogen-bond acceptors (Lipinski definition) is 4. The lowest BCUT2D eigenvalue weighted by atomic mass is 10.1. The molecule has 3 rings (SSSR count). The Morgan fingerprint density at radius 2 is 2.16 bits per heavy atom. The van der Waals surface area contributed by atoms with E-state index in [9.17, 15) is 0 Å². The van der Waals surface area contributed by atoms with E-state index in [1.807, 2.05) is 12.1 Å². The van der Waals surface area contributed by atoms with E-state index in [-0.39, 0.29) is 0 Å². The minimum absolute atomic E-state index is 0.355. The van der Waals surface area contributed by atoms with Crippen molar-refractivity contribution in [3.05, 3.63) is 46.7 Å². The van der Waals surface area contributed by atoms with Crippen molar-refractivity contribution >= 4 is 33.0 Å². The Balaban J connectivity index is 2.18. The van der Waals surface area contributed by atoms with E-state index >= 15 is 0 Å². The first-order valence-corrected chi connectivity index (χ1v) is 7.02. The number of ether oxygens (including phenoxy) is 1. The molecule has 5 heteroatoms. The average Bonchev–Trinajstić information content (AvgIpc) is 2.86. The molecule has 0 aliphatic heterocycles. The minimum Gasteiger partial charge on any atom is -0.377 e. The van der Waals surface area contributed by atoms with Crippen molar-refractivity contribution < 1.29 is 4.74 Å². The number of halogens is 1. The van der Waals surface area contributed by atoms with Gasteiger partial charge in [0.15, 0.2) is 5.82 Å². The Labute approximate surface area is 119 Å². The highest BCUT2D eigenvalue weighted by Crippen LogP contribution is 2.32. The maximum absolute atomic E-state index is 6.06. The molecule has 96 valence electrons. The maximum Gasteiger partial charge on any atom is 0.156 e. The summed E-state index contributed by atoms with van der Waals surface area (Å²) in [5.41, 5.74) is 1.91. The quantitative estimate of drug-likeness (QED) is 0.680. The van der Waals surface area contributed by atoms with E-state index in [1.165, 1.54) is 10.1 Å². The first-order chi connectivity index (χ1) is 9.28. The zero-order chi connectivity index (χ0) is 13.2. The van der Waals surface area contributed by atoms with E-state index in [2.05, 4.69) is 27.5 Å². The molecule has 0 saturated carbocycles. The van der Waals surface area contributed by atoms with Crippen molar-refractivity contribution in [1.29, 1.82) is 0 Å². The molecule has 0 unspecified atom stereocenters. The second-order valence-corrected chi connectivity index (χ2v) is 5.37. The van der Waals surface area contributed by atoms with Crippen LogP contribution in [-0.2, 0) is 11.3 Å². The molecule has 0 aliphatic carbocycles. The van der Waals surface area contributed by atoms with E-state index in [4.69, 9.17) is 16.3 Å². The monoisotopic (exact) mass is 290 g/mol. The van der Waals surface area contributed by atoms with Gasteiger partial charge in [-0.15, -0.1) is 11.3 Å². The second-order valence-electron chi connectivity index (χ2n) is 4.07. The van der Waals surface area contributed by atoms with Crippen LogP contribution in [0.25, 0.3) is 21.3 Å². The van der Waals surface area contributed by atoms with Crippen LogP contribution < -0.4 is 0 Å². The lowest BCUT2D eigenvalue weighted by molar-refractivity contribution is 0.178. The van der Waals surface area contributed by atoms with Gasteiger partial charge < -0.3 is 4.74 Å². The highest BCUT2D eigenvalue weighted by Gasteiger charge is 2.09. The van der Waals surface area contributed by atoms with Gasteiger partial charge in [0.25, 0.3) is 0 Å². The van der Waals surface area contributed by atoms with Gasteiger partial charge >= 0.3 is 0 Å². The molecule has 3 aromatic rings. The molecule has 0 bridgehead atoms. The van der Waals surface area contributed by atoms with E-state index in [0.717, 1.165) is 11.3 Å². The third kappa shape index (κ3) is 2.47. The van der Waals surface area contributed by atoms with Gasteiger partial charge in [-0.2, -0.15) is 0 Å². The zero-order valence-electron chi connectivity index (χ0n) is 10.3. The second kappa shape index (κ2) is 5.25. The summed E-state index contributed by atoms with van der Waals surface area (Å²) >= 11 is 7.76. The van der Waals surface area contributed by atoms with E-state index < -0.39 is 0 Å².